The molecule has 3 rings (SSSR count). The van der Waals surface area contributed by atoms with E-state index in [-0.39, 0.29) is 0 Å². The predicted molar refractivity (Wildman–Crippen MR) is 109 cm³/mol. The van der Waals surface area contributed by atoms with Gasteiger partial charge in [-0.25, -0.2) is 0 Å². The fourth-order valence-corrected chi connectivity index (χ4v) is 3.19. The van der Waals surface area contributed by atoms with Gasteiger partial charge in [-0.05, 0) is 49.3 Å². The smallest absolute Gasteiger partial charge is 0.173 e. The Balaban J connectivity index is 1.81. The molecule has 1 heterocycles. The van der Waals surface area contributed by atoms with Crippen LogP contribution < -0.4 is 5.32 Å². The summed E-state index contributed by atoms with van der Waals surface area (Å²) in [6.07, 6.45) is 0.870. The maximum atomic E-state index is 5.99. The van der Waals surface area contributed by atoms with Crippen molar-refractivity contribution in [3.8, 4) is 0 Å². The zero-order valence-electron chi connectivity index (χ0n) is 15.2. The normalized spacial score (nSPS) is 10.9. The topological polar surface area (TPSA) is 28.4 Å². The summed E-state index contributed by atoms with van der Waals surface area (Å²) >= 11 is 5.62. The van der Waals surface area contributed by atoms with E-state index in [0.717, 1.165) is 30.0 Å². The third-order valence-corrected chi connectivity index (χ3v) is 5.10. The molecule has 3 nitrogen and oxygen atoms in total. The molecule has 130 valence electrons. The van der Waals surface area contributed by atoms with E-state index in [4.69, 9.17) is 16.6 Å². The van der Waals surface area contributed by atoms with Crippen molar-refractivity contribution in [3.63, 3.8) is 0 Å². The Hall–Kier alpha value is -2.33. The van der Waals surface area contributed by atoms with Crippen LogP contribution in [-0.2, 0) is 13.0 Å². The van der Waals surface area contributed by atoms with Gasteiger partial charge in [0.05, 0.1) is 0 Å². The van der Waals surface area contributed by atoms with Gasteiger partial charge in [-0.3, -0.25) is 0 Å². The third-order valence-electron chi connectivity index (χ3n) is 4.69. The van der Waals surface area contributed by atoms with Crippen molar-refractivity contribution in [2.45, 2.75) is 33.7 Å². The van der Waals surface area contributed by atoms with Crippen molar-refractivity contribution >= 4 is 34.0 Å². The van der Waals surface area contributed by atoms with Gasteiger partial charge >= 0.3 is 0 Å². The highest BCUT2D eigenvalue weighted by atomic mass is 32.1. The van der Waals surface area contributed by atoms with E-state index in [2.05, 4.69) is 49.2 Å². The zero-order valence-corrected chi connectivity index (χ0v) is 16.0. The molecular weight excluding hydrogens is 328 g/mol. The predicted octanol–water partition coefficient (Wildman–Crippen LogP) is 5.44. The van der Waals surface area contributed by atoms with E-state index in [1.165, 1.54) is 22.1 Å². The fourth-order valence-electron chi connectivity index (χ4n) is 3.01. The van der Waals surface area contributed by atoms with Crippen molar-refractivity contribution in [2.75, 3.05) is 12.4 Å². The average Bonchev–Trinajstić information content (AvgIpc) is 2.96. The van der Waals surface area contributed by atoms with Gasteiger partial charge in [-0.1, -0.05) is 37.3 Å². The molecule has 25 heavy (non-hydrogen) atoms. The van der Waals surface area contributed by atoms with Gasteiger partial charge in [0.1, 0.15) is 11.3 Å². The molecule has 0 bridgehead atoms. The van der Waals surface area contributed by atoms with Crippen LogP contribution in [0.25, 0.3) is 11.0 Å². The fraction of sp³-hybridized carbons (Fsp3) is 0.286. The van der Waals surface area contributed by atoms with Crippen LogP contribution in [0.3, 0.4) is 0 Å². The number of nitrogens with zero attached hydrogens (tertiary/aromatic N) is 1. The number of furan rings is 1. The maximum absolute atomic E-state index is 5.99. The third kappa shape index (κ3) is 3.54. The van der Waals surface area contributed by atoms with Crippen LogP contribution in [0.5, 0.6) is 0 Å². The van der Waals surface area contributed by atoms with Crippen molar-refractivity contribution < 1.29 is 4.42 Å². The molecule has 0 unspecified atom stereocenters. The number of nitrogens with one attached hydrogen (secondary N) is 1. The van der Waals surface area contributed by atoms with Crippen LogP contribution in [0.2, 0.25) is 0 Å². The van der Waals surface area contributed by atoms with Gasteiger partial charge in [-0.15, -0.1) is 0 Å². The lowest BCUT2D eigenvalue weighted by Gasteiger charge is -2.22. The Bertz CT molecular complexity index is 913. The molecule has 1 N–H and O–H groups in total. The lowest BCUT2D eigenvalue weighted by Crippen LogP contribution is -2.31. The van der Waals surface area contributed by atoms with Crippen LogP contribution in [-0.4, -0.2) is 17.1 Å². The highest BCUT2D eigenvalue weighted by Gasteiger charge is 2.16. The lowest BCUT2D eigenvalue weighted by molar-refractivity contribution is 0.488. The number of benzene rings is 2. The second kappa shape index (κ2) is 7.28. The van der Waals surface area contributed by atoms with E-state index in [1.807, 2.05) is 31.3 Å². The summed E-state index contributed by atoms with van der Waals surface area (Å²) in [6.45, 7) is 7.06. The number of aryl methyl sites for hydroxylation is 2. The summed E-state index contributed by atoms with van der Waals surface area (Å²) in [5.74, 6) is 1.03. The van der Waals surface area contributed by atoms with E-state index < -0.39 is 0 Å². The number of para-hydroxylation sites is 1. The molecule has 0 saturated heterocycles. The largest absolute Gasteiger partial charge is 0.461 e. The standard InChI is InChI=1S/C21H24N2OS/c1-5-19-17(16-10-6-7-12-20(16)24-19)13-23(4)21(25)22-18-11-8-9-14(2)15(18)3/h6-12H,5,13H2,1-4H3,(H,22,25). The summed E-state index contributed by atoms with van der Waals surface area (Å²) in [4.78, 5) is 2.06. The molecule has 0 aliphatic rings. The van der Waals surface area contributed by atoms with Crippen LogP contribution in [0.4, 0.5) is 5.69 Å². The first-order valence-electron chi connectivity index (χ1n) is 8.59. The minimum absolute atomic E-state index is 0.709. The number of anilines is 1. The van der Waals surface area contributed by atoms with Gasteiger partial charge in [0.15, 0.2) is 5.11 Å². The second-order valence-corrected chi connectivity index (χ2v) is 6.77. The number of hydrogen-bond donors (Lipinski definition) is 1. The van der Waals surface area contributed by atoms with Crippen LogP contribution in [0, 0.1) is 13.8 Å². The second-order valence-electron chi connectivity index (χ2n) is 6.39. The molecule has 4 heteroatoms. The highest BCUT2D eigenvalue weighted by molar-refractivity contribution is 7.80. The Morgan fingerprint density at radius 3 is 2.64 bits per heavy atom. The Kier molecular flexibility index (Phi) is 5.09. The number of rotatable bonds is 4. The minimum atomic E-state index is 0.709. The molecular formula is C21H24N2OS. The lowest BCUT2D eigenvalue weighted by atomic mass is 10.1. The molecule has 0 aliphatic carbocycles. The highest BCUT2D eigenvalue weighted by Crippen LogP contribution is 2.27. The number of thiocarbonyl (C=S) groups is 1. The molecule has 2 aromatic carbocycles. The average molecular weight is 353 g/mol. The summed E-state index contributed by atoms with van der Waals surface area (Å²) < 4.78 is 5.99. The summed E-state index contributed by atoms with van der Waals surface area (Å²) in [7, 11) is 2.02. The van der Waals surface area contributed by atoms with Crippen molar-refractivity contribution in [1.29, 1.82) is 0 Å². The molecule has 0 fully saturated rings. The van der Waals surface area contributed by atoms with Crippen molar-refractivity contribution in [3.05, 3.63) is 64.9 Å². The van der Waals surface area contributed by atoms with E-state index in [0.29, 0.717) is 5.11 Å². The van der Waals surface area contributed by atoms with Crippen LogP contribution >= 0.6 is 12.2 Å². The zero-order chi connectivity index (χ0) is 18.0. The monoisotopic (exact) mass is 352 g/mol. The summed E-state index contributed by atoms with van der Waals surface area (Å²) in [5.41, 5.74) is 5.69. The van der Waals surface area contributed by atoms with Crippen LogP contribution in [0.15, 0.2) is 46.9 Å². The van der Waals surface area contributed by atoms with Gasteiger partial charge < -0.3 is 14.6 Å². The minimum Gasteiger partial charge on any atom is -0.461 e. The maximum Gasteiger partial charge on any atom is 0.173 e. The molecule has 0 saturated carbocycles. The molecule has 0 radical (unpaired) electrons. The van der Waals surface area contributed by atoms with Crippen molar-refractivity contribution in [1.82, 2.24) is 4.90 Å². The van der Waals surface area contributed by atoms with Crippen molar-refractivity contribution in [2.24, 2.45) is 0 Å². The first-order chi connectivity index (χ1) is 12.0. The first kappa shape index (κ1) is 17.5. The van der Waals surface area contributed by atoms with Crippen LogP contribution in [0.1, 0.15) is 29.4 Å². The van der Waals surface area contributed by atoms with Gasteiger partial charge in [0.25, 0.3) is 0 Å². The van der Waals surface area contributed by atoms with E-state index in [9.17, 15) is 0 Å². The van der Waals surface area contributed by atoms with Gasteiger partial charge in [0.2, 0.25) is 0 Å². The Morgan fingerprint density at radius 2 is 1.88 bits per heavy atom. The molecule has 0 aliphatic heterocycles. The molecule has 1 aromatic heterocycles. The molecule has 0 atom stereocenters. The van der Waals surface area contributed by atoms with Gasteiger partial charge in [-0.2, -0.15) is 0 Å². The number of fused-ring (bicyclic) bond motifs is 1. The number of hydrogen-bond acceptors (Lipinski definition) is 2. The Labute approximate surface area is 154 Å². The summed E-state index contributed by atoms with van der Waals surface area (Å²) in [5, 5.41) is 5.25. The molecule has 0 spiro atoms. The molecule has 0 amide bonds. The van der Waals surface area contributed by atoms with E-state index in [1.54, 1.807) is 0 Å². The molecule has 3 aromatic rings. The quantitative estimate of drug-likeness (QED) is 0.633. The first-order valence-corrected chi connectivity index (χ1v) is 8.99. The van der Waals surface area contributed by atoms with E-state index >= 15 is 0 Å². The van der Waals surface area contributed by atoms with Gasteiger partial charge in [0, 0.05) is 36.7 Å². The summed E-state index contributed by atoms with van der Waals surface area (Å²) in [6, 6.07) is 14.4. The SMILES string of the molecule is CCc1oc2ccccc2c1CN(C)C(=S)Nc1cccc(C)c1C. The Morgan fingerprint density at radius 1 is 1.12 bits per heavy atom.